The van der Waals surface area contributed by atoms with E-state index >= 15 is 0 Å². The number of halogens is 1. The molecule has 0 aliphatic carbocycles. The number of hydrogen-bond donors (Lipinski definition) is 3. The molecule has 7 heteroatoms. The molecule has 0 saturated carbocycles. The summed E-state index contributed by atoms with van der Waals surface area (Å²) < 4.78 is 0. The summed E-state index contributed by atoms with van der Waals surface area (Å²) in [6.45, 7) is 0. The number of amides is 1. The second-order valence-corrected chi connectivity index (χ2v) is 3.91. The Kier molecular flexibility index (Phi) is 3.29. The van der Waals surface area contributed by atoms with E-state index in [1.54, 1.807) is 0 Å². The Bertz CT molecular complexity index is 596. The van der Waals surface area contributed by atoms with Crippen LogP contribution >= 0.6 is 11.6 Å². The Labute approximate surface area is 107 Å². The second-order valence-electron chi connectivity index (χ2n) is 3.47. The fourth-order valence-electron chi connectivity index (χ4n) is 1.36. The Morgan fingerprint density at radius 2 is 2.06 bits per heavy atom. The van der Waals surface area contributed by atoms with E-state index in [-0.39, 0.29) is 10.6 Å². The second kappa shape index (κ2) is 4.89. The first-order chi connectivity index (χ1) is 8.56. The highest BCUT2D eigenvalue weighted by Crippen LogP contribution is 2.19. The van der Waals surface area contributed by atoms with Crippen LogP contribution in [0.1, 0.15) is 20.7 Å². The van der Waals surface area contributed by atoms with Crippen molar-refractivity contribution < 1.29 is 14.7 Å². The van der Waals surface area contributed by atoms with Crippen molar-refractivity contribution in [1.82, 2.24) is 10.2 Å². The highest BCUT2D eigenvalue weighted by molar-refractivity contribution is 6.31. The van der Waals surface area contributed by atoms with Crippen LogP contribution in [0.25, 0.3) is 0 Å². The SMILES string of the molecule is O=C(O)c1cc(Cl)cc(NC(=O)c2cn[nH]c2)c1. The number of nitrogens with zero attached hydrogens (tertiary/aromatic N) is 1. The van der Waals surface area contributed by atoms with Gasteiger partial charge in [0.15, 0.2) is 0 Å². The summed E-state index contributed by atoms with van der Waals surface area (Å²) in [5.41, 5.74) is 0.656. The summed E-state index contributed by atoms with van der Waals surface area (Å²) in [5.74, 6) is -1.52. The molecule has 6 nitrogen and oxygen atoms in total. The van der Waals surface area contributed by atoms with Gasteiger partial charge in [0, 0.05) is 16.9 Å². The average Bonchev–Trinajstić information content (AvgIpc) is 2.81. The molecule has 0 atom stereocenters. The van der Waals surface area contributed by atoms with Crippen LogP contribution in [0, 0.1) is 0 Å². The monoisotopic (exact) mass is 265 g/mol. The summed E-state index contributed by atoms with van der Waals surface area (Å²) in [4.78, 5) is 22.5. The van der Waals surface area contributed by atoms with Crippen LogP contribution in [0.15, 0.2) is 30.6 Å². The van der Waals surface area contributed by atoms with Gasteiger partial charge in [0.25, 0.3) is 5.91 Å². The topological polar surface area (TPSA) is 95.1 Å². The molecular weight excluding hydrogens is 258 g/mol. The molecule has 0 saturated heterocycles. The lowest BCUT2D eigenvalue weighted by molar-refractivity contribution is 0.0696. The number of carbonyl (C=O) groups excluding carboxylic acids is 1. The molecule has 1 aromatic heterocycles. The lowest BCUT2D eigenvalue weighted by Crippen LogP contribution is -2.11. The predicted molar refractivity (Wildman–Crippen MR) is 65.0 cm³/mol. The number of rotatable bonds is 3. The van der Waals surface area contributed by atoms with Gasteiger partial charge in [0.05, 0.1) is 17.3 Å². The summed E-state index contributed by atoms with van der Waals surface area (Å²) in [6.07, 6.45) is 2.79. The zero-order valence-electron chi connectivity index (χ0n) is 8.98. The Balaban J connectivity index is 2.24. The van der Waals surface area contributed by atoms with Crippen molar-refractivity contribution in [3.63, 3.8) is 0 Å². The van der Waals surface area contributed by atoms with Crippen molar-refractivity contribution in [1.29, 1.82) is 0 Å². The van der Waals surface area contributed by atoms with Gasteiger partial charge in [-0.3, -0.25) is 9.89 Å². The molecular formula is C11H8ClN3O3. The Morgan fingerprint density at radius 1 is 1.28 bits per heavy atom. The number of H-pyrrole nitrogens is 1. The van der Waals surface area contributed by atoms with Gasteiger partial charge in [-0.15, -0.1) is 0 Å². The van der Waals surface area contributed by atoms with E-state index in [1.807, 2.05) is 0 Å². The maximum atomic E-state index is 11.7. The lowest BCUT2D eigenvalue weighted by Gasteiger charge is -2.05. The summed E-state index contributed by atoms with van der Waals surface area (Å²) in [7, 11) is 0. The summed E-state index contributed by atoms with van der Waals surface area (Å²) in [5, 5.41) is 17.8. The zero-order valence-corrected chi connectivity index (χ0v) is 9.73. The molecule has 0 bridgehead atoms. The first-order valence-corrected chi connectivity index (χ1v) is 5.28. The number of aromatic nitrogens is 2. The molecule has 1 aromatic carbocycles. The third kappa shape index (κ3) is 2.67. The number of aromatic carboxylic acids is 1. The standard InChI is InChI=1S/C11H8ClN3O3/c12-8-1-6(11(17)18)2-9(3-8)15-10(16)7-4-13-14-5-7/h1-5H,(H,13,14)(H,15,16)(H,17,18). The molecule has 0 unspecified atom stereocenters. The van der Waals surface area contributed by atoms with Crippen LogP contribution in [0.2, 0.25) is 5.02 Å². The van der Waals surface area contributed by atoms with E-state index in [1.165, 1.54) is 30.6 Å². The fraction of sp³-hybridized carbons (Fsp3) is 0. The van der Waals surface area contributed by atoms with Gasteiger partial charge in [-0.2, -0.15) is 5.10 Å². The number of nitrogens with one attached hydrogen (secondary N) is 2. The van der Waals surface area contributed by atoms with Crippen molar-refractivity contribution in [3.8, 4) is 0 Å². The van der Waals surface area contributed by atoms with Crippen molar-refractivity contribution in [2.75, 3.05) is 5.32 Å². The molecule has 2 rings (SSSR count). The predicted octanol–water partition coefficient (Wildman–Crippen LogP) is 2.01. The molecule has 18 heavy (non-hydrogen) atoms. The number of benzene rings is 1. The van der Waals surface area contributed by atoms with Crippen LogP contribution < -0.4 is 5.32 Å². The molecule has 92 valence electrons. The average molecular weight is 266 g/mol. The third-order valence-corrected chi connectivity index (χ3v) is 2.38. The minimum absolute atomic E-state index is 0.00462. The van der Waals surface area contributed by atoms with Gasteiger partial charge in [0.2, 0.25) is 0 Å². The number of carbonyl (C=O) groups is 2. The van der Waals surface area contributed by atoms with Crippen LogP contribution in [-0.4, -0.2) is 27.2 Å². The highest BCUT2D eigenvalue weighted by atomic mass is 35.5. The minimum atomic E-state index is -1.11. The van der Waals surface area contributed by atoms with E-state index in [2.05, 4.69) is 15.5 Å². The molecule has 0 spiro atoms. The summed E-state index contributed by atoms with van der Waals surface area (Å²) >= 11 is 5.77. The van der Waals surface area contributed by atoms with E-state index in [4.69, 9.17) is 16.7 Å². The van der Waals surface area contributed by atoms with E-state index < -0.39 is 11.9 Å². The van der Waals surface area contributed by atoms with Crippen LogP contribution in [-0.2, 0) is 0 Å². The highest BCUT2D eigenvalue weighted by Gasteiger charge is 2.10. The van der Waals surface area contributed by atoms with Crippen molar-refractivity contribution >= 4 is 29.2 Å². The van der Waals surface area contributed by atoms with Crippen LogP contribution in [0.3, 0.4) is 0 Å². The van der Waals surface area contributed by atoms with Crippen molar-refractivity contribution in [2.24, 2.45) is 0 Å². The van der Waals surface area contributed by atoms with Crippen molar-refractivity contribution in [3.05, 3.63) is 46.7 Å². The van der Waals surface area contributed by atoms with Crippen LogP contribution in [0.4, 0.5) is 5.69 Å². The first kappa shape index (κ1) is 12.1. The molecule has 0 aliphatic rings. The molecule has 1 heterocycles. The summed E-state index contributed by atoms with van der Waals surface area (Å²) in [6, 6.07) is 4.09. The number of aromatic amines is 1. The lowest BCUT2D eigenvalue weighted by atomic mass is 10.2. The van der Waals surface area contributed by atoms with E-state index in [0.717, 1.165) is 0 Å². The van der Waals surface area contributed by atoms with Gasteiger partial charge in [-0.25, -0.2) is 4.79 Å². The Hall–Kier alpha value is -2.34. The van der Waals surface area contributed by atoms with Crippen LogP contribution in [0.5, 0.6) is 0 Å². The maximum absolute atomic E-state index is 11.7. The zero-order chi connectivity index (χ0) is 13.1. The smallest absolute Gasteiger partial charge is 0.335 e. The maximum Gasteiger partial charge on any atom is 0.335 e. The first-order valence-electron chi connectivity index (χ1n) is 4.90. The fourth-order valence-corrected chi connectivity index (χ4v) is 1.60. The molecule has 0 aliphatic heterocycles. The third-order valence-electron chi connectivity index (χ3n) is 2.16. The Morgan fingerprint density at radius 3 is 2.67 bits per heavy atom. The molecule has 0 radical (unpaired) electrons. The largest absolute Gasteiger partial charge is 0.478 e. The number of carboxylic acid groups (broad SMARTS) is 1. The molecule has 2 aromatic rings. The minimum Gasteiger partial charge on any atom is -0.478 e. The van der Waals surface area contributed by atoms with Gasteiger partial charge in [-0.1, -0.05) is 11.6 Å². The van der Waals surface area contributed by atoms with Crippen molar-refractivity contribution in [2.45, 2.75) is 0 Å². The molecule has 1 amide bonds. The number of carboxylic acids is 1. The molecule has 3 N–H and O–H groups in total. The van der Waals surface area contributed by atoms with Gasteiger partial charge in [-0.05, 0) is 18.2 Å². The van der Waals surface area contributed by atoms with E-state index in [0.29, 0.717) is 11.3 Å². The van der Waals surface area contributed by atoms with Gasteiger partial charge < -0.3 is 10.4 Å². The van der Waals surface area contributed by atoms with E-state index in [9.17, 15) is 9.59 Å². The van der Waals surface area contributed by atoms with Gasteiger partial charge in [0.1, 0.15) is 0 Å². The normalized spacial score (nSPS) is 10.1. The molecule has 0 fully saturated rings. The number of anilines is 1. The number of hydrogen-bond acceptors (Lipinski definition) is 3. The van der Waals surface area contributed by atoms with Gasteiger partial charge >= 0.3 is 5.97 Å². The quantitative estimate of drug-likeness (QED) is 0.791.